The molecule has 0 bridgehead atoms. The highest BCUT2D eigenvalue weighted by Gasteiger charge is 2.00. The number of pyridine rings is 1. The van der Waals surface area contributed by atoms with Crippen molar-refractivity contribution >= 4 is 17.5 Å². The van der Waals surface area contributed by atoms with E-state index in [0.29, 0.717) is 0 Å². The highest BCUT2D eigenvalue weighted by Crippen LogP contribution is 2.26. The third kappa shape index (κ3) is 2.70. The maximum absolute atomic E-state index is 11.1. The van der Waals surface area contributed by atoms with Crippen LogP contribution in [0.4, 0.5) is 0 Å². The molecular weight excluding hydrogens is 218 g/mol. The molecule has 2 nitrogen and oxygen atoms in total. The molecule has 0 atom stereocenters. The number of benzene rings is 1. The zero-order valence-electron chi connectivity index (χ0n) is 8.88. The fourth-order valence-electron chi connectivity index (χ4n) is 1.30. The van der Waals surface area contributed by atoms with Crippen molar-refractivity contribution in [2.75, 3.05) is 0 Å². The summed E-state index contributed by atoms with van der Waals surface area (Å²) in [4.78, 5) is 17.3. The molecule has 3 heteroatoms. The first kappa shape index (κ1) is 10.9. The van der Waals surface area contributed by atoms with Crippen LogP contribution in [0.1, 0.15) is 17.3 Å². The summed E-state index contributed by atoms with van der Waals surface area (Å²) in [7, 11) is 0. The Bertz CT molecular complexity index is 479. The fraction of sp³-hybridized carbons (Fsp3) is 0.0769. The third-order valence-electron chi connectivity index (χ3n) is 2.15. The van der Waals surface area contributed by atoms with Crippen molar-refractivity contribution in [3.05, 3.63) is 54.4 Å². The minimum atomic E-state index is 0.0976. The summed E-state index contributed by atoms with van der Waals surface area (Å²) in [5, 5.41) is 0. The van der Waals surface area contributed by atoms with Crippen LogP contribution in [0, 0.1) is 0 Å². The number of aromatic nitrogens is 1. The molecule has 0 saturated carbocycles. The minimum absolute atomic E-state index is 0.0976. The van der Waals surface area contributed by atoms with Crippen LogP contribution in [0.5, 0.6) is 0 Å². The molecule has 0 aliphatic heterocycles. The second-order valence-corrected chi connectivity index (χ2v) is 4.51. The first-order chi connectivity index (χ1) is 7.75. The van der Waals surface area contributed by atoms with E-state index in [1.807, 2.05) is 36.4 Å². The van der Waals surface area contributed by atoms with Gasteiger partial charge in [0.25, 0.3) is 0 Å². The molecule has 0 aliphatic rings. The largest absolute Gasteiger partial charge is 0.295 e. The van der Waals surface area contributed by atoms with E-state index in [-0.39, 0.29) is 5.78 Å². The molecular formula is C13H11NOS. The number of carbonyl (C=O) groups is 1. The zero-order chi connectivity index (χ0) is 11.4. The van der Waals surface area contributed by atoms with Gasteiger partial charge in [0.05, 0.1) is 0 Å². The second kappa shape index (κ2) is 4.94. The van der Waals surface area contributed by atoms with Crippen LogP contribution < -0.4 is 0 Å². The molecule has 2 rings (SSSR count). The van der Waals surface area contributed by atoms with Crippen molar-refractivity contribution in [3.8, 4) is 0 Å². The van der Waals surface area contributed by atoms with E-state index in [1.165, 1.54) is 0 Å². The molecule has 0 fully saturated rings. The van der Waals surface area contributed by atoms with E-state index in [9.17, 15) is 4.79 Å². The van der Waals surface area contributed by atoms with E-state index in [1.54, 1.807) is 31.1 Å². The van der Waals surface area contributed by atoms with E-state index in [4.69, 9.17) is 0 Å². The van der Waals surface area contributed by atoms with Gasteiger partial charge in [0.1, 0.15) is 0 Å². The van der Waals surface area contributed by atoms with Crippen molar-refractivity contribution in [1.29, 1.82) is 0 Å². The van der Waals surface area contributed by atoms with Crippen LogP contribution in [0.3, 0.4) is 0 Å². The number of hydrogen-bond donors (Lipinski definition) is 0. The standard InChI is InChI=1S/C13H11NOS/c1-10(15)11-2-4-12(5-3-11)16-13-6-8-14-9-7-13/h2-9H,1H3. The van der Waals surface area contributed by atoms with Gasteiger partial charge < -0.3 is 0 Å². The Morgan fingerprint density at radius 1 is 1.00 bits per heavy atom. The lowest BCUT2D eigenvalue weighted by Gasteiger charge is -2.01. The highest BCUT2D eigenvalue weighted by atomic mass is 32.2. The van der Waals surface area contributed by atoms with Gasteiger partial charge in [-0.25, -0.2) is 0 Å². The summed E-state index contributed by atoms with van der Waals surface area (Å²) in [6.45, 7) is 1.57. The van der Waals surface area contributed by atoms with Crippen LogP contribution >= 0.6 is 11.8 Å². The molecule has 1 aromatic heterocycles. The number of nitrogens with zero attached hydrogens (tertiary/aromatic N) is 1. The smallest absolute Gasteiger partial charge is 0.159 e. The summed E-state index contributed by atoms with van der Waals surface area (Å²) in [5.41, 5.74) is 0.749. The van der Waals surface area contributed by atoms with Crippen LogP contribution in [-0.2, 0) is 0 Å². The minimum Gasteiger partial charge on any atom is -0.295 e. The van der Waals surface area contributed by atoms with Gasteiger partial charge in [-0.05, 0) is 31.2 Å². The number of rotatable bonds is 3. The van der Waals surface area contributed by atoms with Gasteiger partial charge in [-0.1, -0.05) is 23.9 Å². The Kier molecular flexibility index (Phi) is 3.37. The monoisotopic (exact) mass is 229 g/mol. The average Bonchev–Trinajstić information content (AvgIpc) is 2.31. The van der Waals surface area contributed by atoms with Gasteiger partial charge in [0.2, 0.25) is 0 Å². The number of Topliss-reactive ketones (excluding diaryl/α,β-unsaturated/α-hetero) is 1. The Balaban J connectivity index is 2.14. The summed E-state index contributed by atoms with van der Waals surface area (Å²) < 4.78 is 0. The van der Waals surface area contributed by atoms with Crippen LogP contribution in [-0.4, -0.2) is 10.8 Å². The van der Waals surface area contributed by atoms with Crippen LogP contribution in [0.2, 0.25) is 0 Å². The fourth-order valence-corrected chi connectivity index (χ4v) is 2.10. The molecule has 0 unspecified atom stereocenters. The molecule has 80 valence electrons. The molecule has 16 heavy (non-hydrogen) atoms. The van der Waals surface area contributed by atoms with Gasteiger partial charge in [-0.2, -0.15) is 0 Å². The molecule has 0 aliphatic carbocycles. The van der Waals surface area contributed by atoms with Gasteiger partial charge in [0, 0.05) is 27.7 Å². The predicted molar refractivity (Wildman–Crippen MR) is 64.8 cm³/mol. The van der Waals surface area contributed by atoms with E-state index in [2.05, 4.69) is 4.98 Å². The van der Waals surface area contributed by atoms with Gasteiger partial charge in [0.15, 0.2) is 5.78 Å². The summed E-state index contributed by atoms with van der Waals surface area (Å²) in [6, 6.07) is 11.6. The third-order valence-corrected chi connectivity index (χ3v) is 3.16. The first-order valence-corrected chi connectivity index (χ1v) is 5.76. The van der Waals surface area contributed by atoms with Crippen molar-refractivity contribution < 1.29 is 4.79 Å². The van der Waals surface area contributed by atoms with Gasteiger partial charge in [-0.3, -0.25) is 9.78 Å². The Hall–Kier alpha value is -1.61. The van der Waals surface area contributed by atoms with Crippen molar-refractivity contribution in [2.45, 2.75) is 16.7 Å². The molecule has 0 spiro atoms. The number of hydrogen-bond acceptors (Lipinski definition) is 3. The summed E-state index contributed by atoms with van der Waals surface area (Å²) in [5.74, 6) is 0.0976. The summed E-state index contributed by atoms with van der Waals surface area (Å²) in [6.07, 6.45) is 3.54. The molecule has 0 amide bonds. The van der Waals surface area contributed by atoms with Crippen molar-refractivity contribution in [2.24, 2.45) is 0 Å². The summed E-state index contributed by atoms with van der Waals surface area (Å²) >= 11 is 1.66. The van der Waals surface area contributed by atoms with Crippen LogP contribution in [0.25, 0.3) is 0 Å². The molecule has 0 radical (unpaired) electrons. The lowest BCUT2D eigenvalue weighted by Crippen LogP contribution is -1.90. The lowest BCUT2D eigenvalue weighted by atomic mass is 10.2. The molecule has 1 aromatic carbocycles. The topological polar surface area (TPSA) is 30.0 Å². The van der Waals surface area contributed by atoms with E-state index >= 15 is 0 Å². The molecule has 0 saturated heterocycles. The van der Waals surface area contributed by atoms with E-state index < -0.39 is 0 Å². The SMILES string of the molecule is CC(=O)c1ccc(Sc2ccncc2)cc1. The molecule has 0 N–H and O–H groups in total. The van der Waals surface area contributed by atoms with Crippen molar-refractivity contribution in [1.82, 2.24) is 4.98 Å². The van der Waals surface area contributed by atoms with Crippen LogP contribution in [0.15, 0.2) is 58.6 Å². The second-order valence-electron chi connectivity index (χ2n) is 3.37. The Morgan fingerprint density at radius 3 is 2.12 bits per heavy atom. The molecule has 1 heterocycles. The quantitative estimate of drug-likeness (QED) is 0.755. The average molecular weight is 229 g/mol. The van der Waals surface area contributed by atoms with Gasteiger partial charge >= 0.3 is 0 Å². The number of carbonyl (C=O) groups excluding carboxylic acids is 1. The zero-order valence-corrected chi connectivity index (χ0v) is 9.70. The normalized spacial score (nSPS) is 10.1. The van der Waals surface area contributed by atoms with Gasteiger partial charge in [-0.15, -0.1) is 0 Å². The number of ketones is 1. The highest BCUT2D eigenvalue weighted by molar-refractivity contribution is 7.99. The van der Waals surface area contributed by atoms with Crippen molar-refractivity contribution in [3.63, 3.8) is 0 Å². The predicted octanol–water partition coefficient (Wildman–Crippen LogP) is 3.44. The maximum atomic E-state index is 11.1. The first-order valence-electron chi connectivity index (χ1n) is 4.94. The lowest BCUT2D eigenvalue weighted by molar-refractivity contribution is 0.101. The maximum Gasteiger partial charge on any atom is 0.159 e. The Labute approximate surface area is 98.7 Å². The van der Waals surface area contributed by atoms with E-state index in [0.717, 1.165) is 15.4 Å². The molecule has 2 aromatic rings. The Morgan fingerprint density at radius 2 is 1.56 bits per heavy atom.